The monoisotopic (exact) mass is 312 g/mol. The van der Waals surface area contributed by atoms with Crippen molar-refractivity contribution in [1.29, 1.82) is 0 Å². The van der Waals surface area contributed by atoms with Gasteiger partial charge in [-0.1, -0.05) is 12.1 Å². The number of carbonyl (C=O) groups excluding carboxylic acids is 2. The average molecular weight is 312 g/mol. The summed E-state index contributed by atoms with van der Waals surface area (Å²) >= 11 is 0. The van der Waals surface area contributed by atoms with E-state index >= 15 is 0 Å². The average Bonchev–Trinajstić information content (AvgIpc) is 2.57. The van der Waals surface area contributed by atoms with E-state index in [9.17, 15) is 9.59 Å². The number of carbonyl (C=O) groups is 2. The number of pyridine rings is 1. The van der Waals surface area contributed by atoms with Gasteiger partial charge in [0.15, 0.2) is 0 Å². The maximum Gasteiger partial charge on any atom is 0.291 e. The van der Waals surface area contributed by atoms with Crippen molar-refractivity contribution in [3.63, 3.8) is 0 Å². The second-order valence-corrected chi connectivity index (χ2v) is 5.27. The van der Waals surface area contributed by atoms with Crippen LogP contribution in [0.1, 0.15) is 24.0 Å². The highest BCUT2D eigenvalue weighted by Crippen LogP contribution is 2.14. The van der Waals surface area contributed by atoms with Crippen molar-refractivity contribution in [2.75, 3.05) is 12.4 Å². The van der Waals surface area contributed by atoms with Gasteiger partial charge < -0.3 is 10.1 Å². The Morgan fingerprint density at radius 3 is 2.57 bits per heavy atom. The molecule has 1 aromatic heterocycles. The third-order valence-corrected chi connectivity index (χ3v) is 3.57. The first kappa shape index (κ1) is 16.7. The fourth-order valence-corrected chi connectivity index (χ4v) is 2.15. The molecular formula is C18H20N2O3. The molecule has 1 aromatic carbocycles. The highest BCUT2D eigenvalue weighted by atomic mass is 16.5. The Labute approximate surface area is 135 Å². The summed E-state index contributed by atoms with van der Waals surface area (Å²) < 4.78 is 5.10. The molecule has 0 bridgehead atoms. The number of aryl methyl sites for hydroxylation is 2. The molecule has 0 spiro atoms. The number of ketones is 1. The van der Waals surface area contributed by atoms with Crippen molar-refractivity contribution in [2.24, 2.45) is 0 Å². The number of nitrogens with one attached hydrogen (secondary N) is 1. The van der Waals surface area contributed by atoms with Gasteiger partial charge in [0.25, 0.3) is 5.91 Å². The van der Waals surface area contributed by atoms with Crippen molar-refractivity contribution < 1.29 is 14.3 Å². The van der Waals surface area contributed by atoms with Gasteiger partial charge in [0, 0.05) is 12.6 Å². The van der Waals surface area contributed by atoms with Crippen molar-refractivity contribution in [2.45, 2.75) is 26.2 Å². The van der Waals surface area contributed by atoms with Gasteiger partial charge in [0.2, 0.25) is 5.78 Å². The number of hydrogen-bond donors (Lipinski definition) is 1. The third-order valence-electron chi connectivity index (χ3n) is 3.57. The van der Waals surface area contributed by atoms with Gasteiger partial charge in [-0.05, 0) is 49.1 Å². The van der Waals surface area contributed by atoms with Crippen LogP contribution < -0.4 is 10.1 Å². The molecular weight excluding hydrogens is 292 g/mol. The summed E-state index contributed by atoms with van der Waals surface area (Å²) in [7, 11) is 1.62. The lowest BCUT2D eigenvalue weighted by atomic mass is 10.1. The number of amides is 1. The molecule has 0 fully saturated rings. The molecule has 0 aliphatic rings. The lowest BCUT2D eigenvalue weighted by Crippen LogP contribution is -2.23. The zero-order valence-electron chi connectivity index (χ0n) is 13.3. The van der Waals surface area contributed by atoms with Gasteiger partial charge >= 0.3 is 0 Å². The van der Waals surface area contributed by atoms with Crippen LogP contribution in [0.2, 0.25) is 0 Å². The number of aromatic nitrogens is 1. The topological polar surface area (TPSA) is 68.3 Å². The maximum absolute atomic E-state index is 11.9. The molecule has 5 nitrogen and oxygen atoms in total. The normalized spacial score (nSPS) is 10.2. The van der Waals surface area contributed by atoms with E-state index in [4.69, 9.17) is 4.74 Å². The molecule has 0 aliphatic carbocycles. The molecule has 1 heterocycles. The predicted octanol–water partition coefficient (Wildman–Crippen LogP) is 2.93. The summed E-state index contributed by atoms with van der Waals surface area (Å²) in [4.78, 5) is 27.7. The first-order valence-corrected chi connectivity index (χ1v) is 7.48. The van der Waals surface area contributed by atoms with Crippen LogP contribution in [-0.2, 0) is 16.0 Å². The first-order chi connectivity index (χ1) is 11.1. The standard InChI is InChI=1S/C18H20N2O3/c1-13-10-11-19-12-16(13)20-18(22)17(21)5-3-4-14-6-8-15(23-2)9-7-14/h6-12H,3-5H2,1-2H3,(H,20,22). The highest BCUT2D eigenvalue weighted by molar-refractivity contribution is 6.40. The molecule has 5 heteroatoms. The van der Waals surface area contributed by atoms with E-state index in [0.717, 1.165) is 23.3 Å². The molecule has 23 heavy (non-hydrogen) atoms. The number of rotatable bonds is 7. The van der Waals surface area contributed by atoms with Gasteiger partial charge in [-0.15, -0.1) is 0 Å². The lowest BCUT2D eigenvalue weighted by Gasteiger charge is -2.07. The van der Waals surface area contributed by atoms with E-state index in [1.165, 1.54) is 6.20 Å². The first-order valence-electron chi connectivity index (χ1n) is 7.48. The molecule has 0 aliphatic heterocycles. The molecule has 120 valence electrons. The highest BCUT2D eigenvalue weighted by Gasteiger charge is 2.14. The Bertz CT molecular complexity index is 681. The van der Waals surface area contributed by atoms with Crippen LogP contribution in [0.3, 0.4) is 0 Å². The second kappa shape index (κ2) is 8.08. The van der Waals surface area contributed by atoms with Crippen molar-refractivity contribution in [3.05, 3.63) is 53.9 Å². The quantitative estimate of drug-likeness (QED) is 0.798. The Hall–Kier alpha value is -2.69. The minimum atomic E-state index is -0.587. The van der Waals surface area contributed by atoms with Gasteiger partial charge in [0.05, 0.1) is 19.0 Å². The van der Waals surface area contributed by atoms with Crippen LogP contribution in [0, 0.1) is 6.92 Å². The van der Waals surface area contributed by atoms with E-state index in [2.05, 4.69) is 10.3 Å². The zero-order chi connectivity index (χ0) is 16.7. The third kappa shape index (κ3) is 4.92. The molecule has 0 atom stereocenters. The van der Waals surface area contributed by atoms with Crippen LogP contribution in [0.4, 0.5) is 5.69 Å². The molecule has 0 saturated carbocycles. The fourth-order valence-electron chi connectivity index (χ4n) is 2.15. The number of methoxy groups -OCH3 is 1. The minimum Gasteiger partial charge on any atom is -0.497 e. The van der Waals surface area contributed by atoms with Crippen LogP contribution in [-0.4, -0.2) is 23.8 Å². The molecule has 2 rings (SSSR count). The molecule has 0 unspecified atom stereocenters. The Balaban J connectivity index is 1.79. The lowest BCUT2D eigenvalue weighted by molar-refractivity contribution is -0.134. The van der Waals surface area contributed by atoms with E-state index in [0.29, 0.717) is 12.1 Å². The predicted molar refractivity (Wildman–Crippen MR) is 88.5 cm³/mol. The maximum atomic E-state index is 11.9. The molecule has 1 amide bonds. The second-order valence-electron chi connectivity index (χ2n) is 5.27. The number of nitrogens with zero attached hydrogens (tertiary/aromatic N) is 1. The smallest absolute Gasteiger partial charge is 0.291 e. The van der Waals surface area contributed by atoms with E-state index < -0.39 is 11.7 Å². The molecule has 1 N–H and O–H groups in total. The van der Waals surface area contributed by atoms with Crippen LogP contribution in [0.25, 0.3) is 0 Å². The van der Waals surface area contributed by atoms with Gasteiger partial charge in [-0.2, -0.15) is 0 Å². The number of ether oxygens (including phenoxy) is 1. The summed E-state index contributed by atoms with van der Waals surface area (Å²) in [5, 5.41) is 2.61. The Kier molecular flexibility index (Phi) is 5.86. The van der Waals surface area contributed by atoms with Gasteiger partial charge in [0.1, 0.15) is 5.75 Å². The summed E-state index contributed by atoms with van der Waals surface area (Å²) in [6, 6.07) is 9.47. The molecule has 2 aromatic rings. The van der Waals surface area contributed by atoms with E-state index in [-0.39, 0.29) is 6.42 Å². The molecule has 0 saturated heterocycles. The van der Waals surface area contributed by atoms with Gasteiger partial charge in [-0.3, -0.25) is 14.6 Å². The number of anilines is 1. The van der Waals surface area contributed by atoms with E-state index in [1.54, 1.807) is 19.4 Å². The fraction of sp³-hybridized carbons (Fsp3) is 0.278. The van der Waals surface area contributed by atoms with Crippen LogP contribution >= 0.6 is 0 Å². The summed E-state index contributed by atoms with van der Waals surface area (Å²) in [6.45, 7) is 1.85. The van der Waals surface area contributed by atoms with Crippen molar-refractivity contribution in [3.8, 4) is 5.75 Å². The summed E-state index contributed by atoms with van der Waals surface area (Å²) in [5.74, 6) is -0.200. The minimum absolute atomic E-state index is 0.219. The number of benzene rings is 1. The zero-order valence-corrected chi connectivity index (χ0v) is 13.3. The SMILES string of the molecule is COc1ccc(CCCC(=O)C(=O)Nc2cnccc2C)cc1. The van der Waals surface area contributed by atoms with Crippen LogP contribution in [0.15, 0.2) is 42.7 Å². The summed E-state index contributed by atoms with van der Waals surface area (Å²) in [6.07, 6.45) is 4.77. The van der Waals surface area contributed by atoms with Crippen molar-refractivity contribution >= 4 is 17.4 Å². The largest absolute Gasteiger partial charge is 0.497 e. The van der Waals surface area contributed by atoms with E-state index in [1.807, 2.05) is 31.2 Å². The molecule has 0 radical (unpaired) electrons. The van der Waals surface area contributed by atoms with Crippen molar-refractivity contribution in [1.82, 2.24) is 4.98 Å². The summed E-state index contributed by atoms with van der Waals surface area (Å²) in [5.41, 5.74) is 2.56. The Morgan fingerprint density at radius 2 is 1.91 bits per heavy atom. The van der Waals surface area contributed by atoms with Crippen LogP contribution in [0.5, 0.6) is 5.75 Å². The van der Waals surface area contributed by atoms with Gasteiger partial charge in [-0.25, -0.2) is 0 Å². The number of Topliss-reactive ketones (excluding diaryl/α,β-unsaturated/α-hetero) is 1. The Morgan fingerprint density at radius 1 is 1.17 bits per heavy atom. The number of hydrogen-bond acceptors (Lipinski definition) is 4.